The molecule has 1 rings (SSSR count). The van der Waals surface area contributed by atoms with E-state index in [0.29, 0.717) is 0 Å². The van der Waals surface area contributed by atoms with Crippen molar-refractivity contribution in [3.63, 3.8) is 0 Å². The van der Waals surface area contributed by atoms with E-state index in [9.17, 15) is 22.0 Å². The fraction of sp³-hybridized carbons (Fsp3) is 0.333. The highest BCUT2D eigenvalue weighted by atomic mass is 19.4. The van der Waals surface area contributed by atoms with Gasteiger partial charge in [0.15, 0.2) is 0 Å². The zero-order valence-electron chi connectivity index (χ0n) is 7.61. The molecular weight excluding hydrogens is 219 g/mol. The van der Waals surface area contributed by atoms with Gasteiger partial charge in [0, 0.05) is 5.56 Å². The average Bonchev–Trinajstić information content (AvgIpc) is 2.05. The van der Waals surface area contributed by atoms with Gasteiger partial charge >= 0.3 is 12.8 Å². The molecule has 1 aromatic carbocycles. The lowest BCUT2D eigenvalue weighted by molar-refractivity contribution is -0.138. The molecule has 0 saturated carbocycles. The third-order valence-electron chi connectivity index (χ3n) is 1.81. The van der Waals surface area contributed by atoms with Crippen LogP contribution in [-0.2, 0) is 6.18 Å². The second-order valence-electron chi connectivity index (χ2n) is 2.80. The molecule has 0 aliphatic rings. The Morgan fingerprint density at radius 3 is 2.27 bits per heavy atom. The second kappa shape index (κ2) is 4.04. The topological polar surface area (TPSA) is 9.23 Å². The molecule has 0 saturated heterocycles. The molecule has 6 heteroatoms. The summed E-state index contributed by atoms with van der Waals surface area (Å²) in [4.78, 5) is 0. The maximum Gasteiger partial charge on any atom is 0.416 e. The van der Waals surface area contributed by atoms with Crippen LogP contribution < -0.4 is 4.74 Å². The van der Waals surface area contributed by atoms with E-state index in [0.717, 1.165) is 25.1 Å². The number of halogens is 5. The van der Waals surface area contributed by atoms with Gasteiger partial charge in [-0.1, -0.05) is 6.07 Å². The van der Waals surface area contributed by atoms with Gasteiger partial charge in [-0.2, -0.15) is 22.0 Å². The summed E-state index contributed by atoms with van der Waals surface area (Å²) in [6.45, 7) is -2.05. The summed E-state index contributed by atoms with van der Waals surface area (Å²) in [5.74, 6) is -0.458. The number of rotatable bonds is 2. The predicted octanol–water partition coefficient (Wildman–Crippen LogP) is 3.62. The minimum absolute atomic E-state index is 0.342. The monoisotopic (exact) mass is 226 g/mol. The summed E-state index contributed by atoms with van der Waals surface area (Å²) in [5, 5.41) is 0. The first kappa shape index (κ1) is 11.7. The molecule has 84 valence electrons. The Balaban J connectivity index is 3.12. The maximum atomic E-state index is 12.3. The molecule has 1 nitrogen and oxygen atoms in total. The molecular formula is C9H7F5O. The summed E-state index contributed by atoms with van der Waals surface area (Å²) in [5.41, 5.74) is -1.31. The Morgan fingerprint density at radius 1 is 1.20 bits per heavy atom. The van der Waals surface area contributed by atoms with E-state index in [1.165, 1.54) is 0 Å². The lowest BCUT2D eigenvalue weighted by Gasteiger charge is -2.13. The highest BCUT2D eigenvalue weighted by Gasteiger charge is 2.33. The minimum Gasteiger partial charge on any atom is -0.435 e. The standard InChI is InChI=1S/C9H7F5O/c1-5-6(9(12,13)14)3-2-4-7(5)15-8(10)11/h2-4,8H,1H3. The fourth-order valence-corrected chi connectivity index (χ4v) is 1.15. The van der Waals surface area contributed by atoms with E-state index in [1.54, 1.807) is 0 Å². The van der Waals surface area contributed by atoms with E-state index >= 15 is 0 Å². The van der Waals surface area contributed by atoms with Gasteiger partial charge in [-0.25, -0.2) is 0 Å². The number of alkyl halides is 5. The van der Waals surface area contributed by atoms with Crippen LogP contribution in [0.5, 0.6) is 5.75 Å². The highest BCUT2D eigenvalue weighted by Crippen LogP contribution is 2.35. The molecule has 0 aliphatic carbocycles. The van der Waals surface area contributed by atoms with Crippen LogP contribution in [-0.4, -0.2) is 6.61 Å². The van der Waals surface area contributed by atoms with Crippen molar-refractivity contribution < 1.29 is 26.7 Å². The third-order valence-corrected chi connectivity index (χ3v) is 1.81. The predicted molar refractivity (Wildman–Crippen MR) is 42.8 cm³/mol. The maximum absolute atomic E-state index is 12.3. The minimum atomic E-state index is -4.56. The van der Waals surface area contributed by atoms with Gasteiger partial charge in [-0.05, 0) is 19.1 Å². The Labute approximate surface area is 82.5 Å². The van der Waals surface area contributed by atoms with Crippen LogP contribution in [0.1, 0.15) is 11.1 Å². The number of ether oxygens (including phenoxy) is 1. The van der Waals surface area contributed by atoms with E-state index in [4.69, 9.17) is 0 Å². The van der Waals surface area contributed by atoms with Crippen LogP contribution >= 0.6 is 0 Å². The van der Waals surface area contributed by atoms with Crippen LogP contribution in [0, 0.1) is 6.92 Å². The van der Waals surface area contributed by atoms with Crippen molar-refractivity contribution in [3.05, 3.63) is 29.3 Å². The van der Waals surface area contributed by atoms with Gasteiger partial charge in [-0.3, -0.25) is 0 Å². The normalized spacial score (nSPS) is 11.9. The lowest BCUT2D eigenvalue weighted by Crippen LogP contribution is -2.10. The van der Waals surface area contributed by atoms with Gasteiger partial charge in [0.25, 0.3) is 0 Å². The first-order chi connectivity index (χ1) is 6.82. The average molecular weight is 226 g/mol. The Kier molecular flexibility index (Phi) is 3.16. The summed E-state index contributed by atoms with van der Waals surface area (Å²) < 4.78 is 64.6. The smallest absolute Gasteiger partial charge is 0.416 e. The summed E-state index contributed by atoms with van der Waals surface area (Å²) in [7, 11) is 0. The van der Waals surface area contributed by atoms with Crippen LogP contribution in [0.3, 0.4) is 0 Å². The van der Waals surface area contributed by atoms with E-state index < -0.39 is 24.1 Å². The molecule has 15 heavy (non-hydrogen) atoms. The Hall–Kier alpha value is -1.33. The van der Waals surface area contributed by atoms with Crippen molar-refractivity contribution in [2.24, 2.45) is 0 Å². The Morgan fingerprint density at radius 2 is 1.80 bits per heavy atom. The van der Waals surface area contributed by atoms with Crippen molar-refractivity contribution in [2.45, 2.75) is 19.7 Å². The summed E-state index contributed by atoms with van der Waals surface area (Å²) in [6.07, 6.45) is -4.56. The second-order valence-corrected chi connectivity index (χ2v) is 2.80. The Bertz CT molecular complexity index is 345. The zero-order valence-corrected chi connectivity index (χ0v) is 7.61. The molecule has 0 N–H and O–H groups in total. The molecule has 0 amide bonds. The lowest BCUT2D eigenvalue weighted by atomic mass is 10.1. The molecule has 0 aliphatic heterocycles. The molecule has 0 fully saturated rings. The van der Waals surface area contributed by atoms with Crippen molar-refractivity contribution in [1.29, 1.82) is 0 Å². The number of hydrogen-bond acceptors (Lipinski definition) is 1. The van der Waals surface area contributed by atoms with Gasteiger partial charge in [0.05, 0.1) is 5.56 Å². The largest absolute Gasteiger partial charge is 0.435 e. The van der Waals surface area contributed by atoms with Gasteiger partial charge in [0.2, 0.25) is 0 Å². The van der Waals surface area contributed by atoms with E-state index in [2.05, 4.69) is 4.74 Å². The molecule has 0 bridgehead atoms. The molecule has 0 heterocycles. The summed E-state index contributed by atoms with van der Waals surface area (Å²) >= 11 is 0. The van der Waals surface area contributed by atoms with Crippen molar-refractivity contribution in [2.75, 3.05) is 0 Å². The third kappa shape index (κ3) is 2.81. The molecule has 0 radical (unpaired) electrons. The number of hydrogen-bond donors (Lipinski definition) is 0. The molecule has 0 spiro atoms. The fourth-order valence-electron chi connectivity index (χ4n) is 1.15. The van der Waals surface area contributed by atoms with Gasteiger partial charge in [0.1, 0.15) is 5.75 Å². The molecule has 0 atom stereocenters. The zero-order chi connectivity index (χ0) is 11.6. The van der Waals surface area contributed by atoms with Gasteiger partial charge in [-0.15, -0.1) is 0 Å². The summed E-state index contributed by atoms with van der Waals surface area (Å²) in [6, 6.07) is 2.90. The van der Waals surface area contributed by atoms with E-state index in [1.807, 2.05) is 0 Å². The molecule has 1 aromatic rings. The van der Waals surface area contributed by atoms with Crippen LogP contribution in [0.4, 0.5) is 22.0 Å². The van der Waals surface area contributed by atoms with Crippen molar-refractivity contribution in [3.8, 4) is 5.75 Å². The molecule has 0 unspecified atom stereocenters. The molecule has 0 aromatic heterocycles. The first-order valence-electron chi connectivity index (χ1n) is 3.94. The van der Waals surface area contributed by atoms with Crippen LogP contribution in [0.2, 0.25) is 0 Å². The van der Waals surface area contributed by atoms with Crippen molar-refractivity contribution >= 4 is 0 Å². The van der Waals surface area contributed by atoms with Gasteiger partial charge < -0.3 is 4.74 Å². The number of benzene rings is 1. The van der Waals surface area contributed by atoms with Crippen LogP contribution in [0.15, 0.2) is 18.2 Å². The first-order valence-corrected chi connectivity index (χ1v) is 3.94. The SMILES string of the molecule is Cc1c(OC(F)F)cccc1C(F)(F)F. The van der Waals surface area contributed by atoms with E-state index in [-0.39, 0.29) is 5.56 Å². The quantitative estimate of drug-likeness (QED) is 0.700. The highest BCUT2D eigenvalue weighted by molar-refractivity contribution is 5.40. The van der Waals surface area contributed by atoms with Crippen LogP contribution in [0.25, 0.3) is 0 Å². The van der Waals surface area contributed by atoms with Crippen molar-refractivity contribution in [1.82, 2.24) is 0 Å².